The molecule has 0 bridgehead atoms. The normalized spacial score (nSPS) is 16.2. The van der Waals surface area contributed by atoms with Crippen LogP contribution in [0.5, 0.6) is 11.5 Å². The van der Waals surface area contributed by atoms with Crippen LogP contribution in [0.25, 0.3) is 11.8 Å². The summed E-state index contributed by atoms with van der Waals surface area (Å²) in [5.74, 6) is 1.55. The first-order valence-electron chi connectivity index (χ1n) is 10.7. The molecule has 3 aromatic rings. The zero-order chi connectivity index (χ0) is 23.5. The lowest BCUT2D eigenvalue weighted by atomic mass is 10.2. The molecule has 0 N–H and O–H groups in total. The Labute approximate surface area is 198 Å². The monoisotopic (exact) mass is 461 g/mol. The smallest absolute Gasteiger partial charge is 0.266 e. The molecule has 1 aliphatic rings. The van der Waals surface area contributed by atoms with Crippen LogP contribution in [0.1, 0.15) is 23.9 Å². The fourth-order valence-electron chi connectivity index (χ4n) is 3.86. The number of nitrogens with zero attached hydrogens (tertiary/aromatic N) is 3. The number of aromatic nitrogens is 1. The second-order valence-electron chi connectivity index (χ2n) is 7.62. The topological polar surface area (TPSA) is 56.1 Å². The minimum Gasteiger partial charge on any atom is -0.497 e. The van der Waals surface area contributed by atoms with Gasteiger partial charge in [0.05, 0.1) is 24.8 Å². The number of carbonyl (C=O) groups excluding carboxylic acids is 1. The number of aryl methyl sites for hydroxylation is 1. The van der Waals surface area contributed by atoms with Gasteiger partial charge in [0.1, 0.15) is 11.5 Å². The van der Waals surface area contributed by atoms with E-state index < -0.39 is 0 Å². The van der Waals surface area contributed by atoms with Crippen LogP contribution in [0, 0.1) is 13.8 Å². The van der Waals surface area contributed by atoms with Crippen molar-refractivity contribution >= 4 is 34.6 Å². The first-order chi connectivity index (χ1) is 15.9. The van der Waals surface area contributed by atoms with Crippen LogP contribution >= 0.6 is 11.8 Å². The number of benzene rings is 2. The molecule has 0 saturated carbocycles. The Morgan fingerprint density at radius 3 is 2.39 bits per heavy atom. The van der Waals surface area contributed by atoms with Crippen molar-refractivity contribution in [3.05, 3.63) is 76.5 Å². The summed E-state index contributed by atoms with van der Waals surface area (Å²) >= 11 is 1.40. The maximum absolute atomic E-state index is 13.1. The molecule has 1 aromatic heterocycles. The Hall–Kier alpha value is -3.45. The Balaban J connectivity index is 1.67. The molecule has 0 aliphatic carbocycles. The summed E-state index contributed by atoms with van der Waals surface area (Å²) in [6.07, 6.45) is 1.96. The van der Waals surface area contributed by atoms with E-state index in [0.717, 1.165) is 39.8 Å². The van der Waals surface area contributed by atoms with Gasteiger partial charge in [-0.15, -0.1) is 0 Å². The second-order valence-corrected chi connectivity index (χ2v) is 8.62. The molecule has 170 valence electrons. The maximum atomic E-state index is 13.1. The number of rotatable bonds is 6. The van der Waals surface area contributed by atoms with Crippen LogP contribution in [0.2, 0.25) is 0 Å². The van der Waals surface area contributed by atoms with Gasteiger partial charge in [-0.25, -0.2) is 4.99 Å². The van der Waals surface area contributed by atoms with E-state index >= 15 is 0 Å². The number of carbonyl (C=O) groups is 1. The highest BCUT2D eigenvalue weighted by atomic mass is 32.2. The minimum atomic E-state index is -0.0269. The second kappa shape index (κ2) is 9.58. The van der Waals surface area contributed by atoms with Gasteiger partial charge in [-0.2, -0.15) is 0 Å². The summed E-state index contributed by atoms with van der Waals surface area (Å²) in [4.78, 5) is 20.2. The van der Waals surface area contributed by atoms with E-state index in [1.54, 1.807) is 19.1 Å². The van der Waals surface area contributed by atoms with E-state index in [9.17, 15) is 4.79 Å². The average Bonchev–Trinajstić information content (AvgIpc) is 3.28. The van der Waals surface area contributed by atoms with Crippen molar-refractivity contribution in [3.63, 3.8) is 0 Å². The fourth-order valence-corrected chi connectivity index (χ4v) is 4.91. The first-order valence-corrected chi connectivity index (χ1v) is 11.5. The average molecular weight is 462 g/mol. The molecule has 0 atom stereocenters. The molecule has 1 saturated heterocycles. The van der Waals surface area contributed by atoms with Crippen LogP contribution in [-0.4, -0.2) is 41.3 Å². The molecule has 7 heteroatoms. The lowest BCUT2D eigenvalue weighted by molar-refractivity contribution is -0.122. The largest absolute Gasteiger partial charge is 0.497 e. The Morgan fingerprint density at radius 2 is 1.73 bits per heavy atom. The third-order valence-electron chi connectivity index (χ3n) is 5.57. The number of ether oxygens (including phenoxy) is 2. The molecule has 0 spiro atoms. The van der Waals surface area contributed by atoms with Gasteiger partial charge in [0.2, 0.25) is 0 Å². The molecule has 1 amide bonds. The van der Waals surface area contributed by atoms with Crippen LogP contribution in [-0.2, 0) is 4.79 Å². The summed E-state index contributed by atoms with van der Waals surface area (Å²) in [6.45, 7) is 6.64. The molecular formula is C26H27N3O3S. The summed E-state index contributed by atoms with van der Waals surface area (Å²) in [7, 11) is 3.30. The predicted molar refractivity (Wildman–Crippen MR) is 135 cm³/mol. The summed E-state index contributed by atoms with van der Waals surface area (Å²) in [5, 5.41) is 0.681. The molecule has 2 heterocycles. The van der Waals surface area contributed by atoms with Crippen molar-refractivity contribution in [2.45, 2.75) is 20.8 Å². The molecule has 1 fully saturated rings. The zero-order valence-corrected chi connectivity index (χ0v) is 20.3. The molecule has 33 heavy (non-hydrogen) atoms. The van der Waals surface area contributed by atoms with Crippen LogP contribution in [0.15, 0.2) is 64.5 Å². The van der Waals surface area contributed by atoms with Crippen molar-refractivity contribution in [3.8, 4) is 17.2 Å². The fraction of sp³-hybridized carbons (Fsp3) is 0.231. The van der Waals surface area contributed by atoms with E-state index in [4.69, 9.17) is 14.5 Å². The predicted octanol–water partition coefficient (Wildman–Crippen LogP) is 5.74. The highest BCUT2D eigenvalue weighted by Gasteiger charge is 2.32. The molecule has 2 aromatic carbocycles. The number of amidine groups is 1. The summed E-state index contributed by atoms with van der Waals surface area (Å²) in [6, 6.07) is 17.5. The van der Waals surface area contributed by atoms with Crippen molar-refractivity contribution in [2.75, 3.05) is 20.8 Å². The Morgan fingerprint density at radius 1 is 1.00 bits per heavy atom. The van der Waals surface area contributed by atoms with Crippen molar-refractivity contribution in [2.24, 2.45) is 4.99 Å². The van der Waals surface area contributed by atoms with Gasteiger partial charge in [0.25, 0.3) is 5.91 Å². The lowest BCUT2D eigenvalue weighted by Gasteiger charge is -2.12. The highest BCUT2D eigenvalue weighted by molar-refractivity contribution is 8.18. The van der Waals surface area contributed by atoms with Gasteiger partial charge in [-0.05, 0) is 86.6 Å². The van der Waals surface area contributed by atoms with E-state index in [2.05, 4.69) is 24.5 Å². The number of methoxy groups -OCH3 is 2. The van der Waals surface area contributed by atoms with E-state index in [1.165, 1.54) is 11.8 Å². The number of hydrogen-bond donors (Lipinski definition) is 0. The Kier molecular flexibility index (Phi) is 6.60. The van der Waals surface area contributed by atoms with Crippen LogP contribution in [0.4, 0.5) is 5.69 Å². The summed E-state index contributed by atoms with van der Waals surface area (Å²) < 4.78 is 12.8. The number of amides is 1. The standard InChI is InChI=1S/C26H27N3O3S/c1-6-28-25(30)24(33-26(28)27-20-10-12-22(31-4)13-11-20)15-19-14-17(2)29(18(19)3)21-8-7-9-23(16-21)32-5/h7-16H,6H2,1-5H3/b24-15-,27-26?. The highest BCUT2D eigenvalue weighted by Crippen LogP contribution is 2.35. The van der Waals surface area contributed by atoms with Gasteiger partial charge in [0.15, 0.2) is 5.17 Å². The minimum absolute atomic E-state index is 0.0269. The van der Waals surface area contributed by atoms with Crippen molar-refractivity contribution in [1.29, 1.82) is 0 Å². The molecule has 1 aliphatic heterocycles. The van der Waals surface area contributed by atoms with E-state index in [0.29, 0.717) is 16.6 Å². The number of likely N-dealkylation sites (N-methyl/N-ethyl adjacent to an activating group) is 1. The molecule has 0 radical (unpaired) electrons. The third-order valence-corrected chi connectivity index (χ3v) is 6.58. The van der Waals surface area contributed by atoms with Gasteiger partial charge in [-0.1, -0.05) is 6.07 Å². The number of thioether (sulfide) groups is 1. The van der Waals surface area contributed by atoms with Gasteiger partial charge < -0.3 is 14.0 Å². The van der Waals surface area contributed by atoms with Crippen molar-refractivity contribution in [1.82, 2.24) is 9.47 Å². The first kappa shape index (κ1) is 22.7. The Bertz CT molecular complexity index is 1240. The lowest BCUT2D eigenvalue weighted by Crippen LogP contribution is -2.28. The van der Waals surface area contributed by atoms with Gasteiger partial charge in [-0.3, -0.25) is 9.69 Å². The number of hydrogen-bond acceptors (Lipinski definition) is 5. The van der Waals surface area contributed by atoms with Gasteiger partial charge in [0, 0.05) is 29.7 Å². The molecule has 0 unspecified atom stereocenters. The maximum Gasteiger partial charge on any atom is 0.266 e. The van der Waals surface area contributed by atoms with Gasteiger partial charge >= 0.3 is 0 Å². The zero-order valence-electron chi connectivity index (χ0n) is 19.5. The van der Waals surface area contributed by atoms with Crippen molar-refractivity contribution < 1.29 is 14.3 Å². The van der Waals surface area contributed by atoms with E-state index in [-0.39, 0.29) is 5.91 Å². The number of aliphatic imine (C=N–C) groups is 1. The summed E-state index contributed by atoms with van der Waals surface area (Å²) in [5.41, 5.74) is 4.96. The third kappa shape index (κ3) is 4.54. The molecule has 6 nitrogen and oxygen atoms in total. The SMILES string of the molecule is CCN1C(=O)/C(=C/c2cc(C)n(-c3cccc(OC)c3)c2C)SC1=Nc1ccc(OC)cc1. The van der Waals surface area contributed by atoms with Crippen LogP contribution < -0.4 is 9.47 Å². The molecular weight excluding hydrogens is 434 g/mol. The van der Waals surface area contributed by atoms with Crippen LogP contribution in [0.3, 0.4) is 0 Å². The van der Waals surface area contributed by atoms with E-state index in [1.807, 2.05) is 61.5 Å². The molecule has 4 rings (SSSR count). The quantitative estimate of drug-likeness (QED) is 0.440.